The quantitative estimate of drug-likeness (QED) is 0.447. The summed E-state index contributed by atoms with van der Waals surface area (Å²) < 4.78 is 5.35. The van der Waals surface area contributed by atoms with Crippen LogP contribution in [0.2, 0.25) is 13.1 Å². The fourth-order valence-electron chi connectivity index (χ4n) is 4.11. The normalized spacial score (nSPS) is 19.6. The molecule has 2 aliphatic carbocycles. The molecule has 1 N–H and O–H groups in total. The summed E-state index contributed by atoms with van der Waals surface area (Å²) in [6, 6.07) is 0. The van der Waals surface area contributed by atoms with E-state index in [-0.39, 0.29) is 24.8 Å². The van der Waals surface area contributed by atoms with Crippen molar-refractivity contribution in [3.63, 3.8) is 0 Å². The van der Waals surface area contributed by atoms with E-state index in [4.69, 9.17) is 0 Å². The zero-order chi connectivity index (χ0) is 18.1. The van der Waals surface area contributed by atoms with E-state index >= 15 is 0 Å². The molecule has 0 bridgehead atoms. The third-order valence-corrected chi connectivity index (χ3v) is 29.1. The first kappa shape index (κ1) is 27.6. The molecule has 0 saturated heterocycles. The van der Waals surface area contributed by atoms with Gasteiger partial charge < -0.3 is 24.8 Å². The molecule has 1 amide bonds. The van der Waals surface area contributed by atoms with Crippen molar-refractivity contribution >= 4 is 11.9 Å². The molecule has 0 spiro atoms. The van der Waals surface area contributed by atoms with Crippen LogP contribution in [0.5, 0.6) is 0 Å². The van der Waals surface area contributed by atoms with Crippen LogP contribution in [0, 0.1) is 5.92 Å². The average Bonchev–Trinajstić information content (AvgIpc) is 2.98. The van der Waals surface area contributed by atoms with E-state index < -0.39 is 26.9 Å². The van der Waals surface area contributed by atoms with Gasteiger partial charge in [0.1, 0.15) is 0 Å². The van der Waals surface area contributed by atoms with Crippen molar-refractivity contribution in [2.75, 3.05) is 0 Å². The first-order valence-electron chi connectivity index (χ1n) is 10.6. The summed E-state index contributed by atoms with van der Waals surface area (Å²) in [5.74, 6) is -0.0157. The minimum atomic E-state index is -2.08. The molecule has 155 valence electrons. The van der Waals surface area contributed by atoms with Crippen LogP contribution in [0.25, 0.3) is 0 Å². The minimum Gasteiger partial charge on any atom is -1.00 e. The van der Waals surface area contributed by atoms with E-state index in [1.54, 1.807) is 3.33 Å². The molecule has 0 aromatic carbocycles. The monoisotopic (exact) mass is 598 g/mol. The number of hydrogen-bond donors (Lipinski definition) is 1. The zero-order valence-corrected chi connectivity index (χ0v) is 23.7. The number of carbonyl (C=O) groups is 1. The molecule has 27 heavy (non-hydrogen) atoms. The Morgan fingerprint density at radius 1 is 0.963 bits per heavy atom. The summed E-state index contributed by atoms with van der Waals surface area (Å²) >= 11 is -2.08. The topological polar surface area (TPSA) is 29.1 Å². The number of halogens is 2. The van der Waals surface area contributed by atoms with Crippen LogP contribution < -0.4 is 28.1 Å². The number of hydrogen-bond acceptors (Lipinski definition) is 1. The summed E-state index contributed by atoms with van der Waals surface area (Å²) in [4.78, 5) is 13.1. The predicted octanol–water partition coefficient (Wildman–Crippen LogP) is -0.218. The van der Waals surface area contributed by atoms with Gasteiger partial charge in [-0.25, -0.2) is 0 Å². The summed E-state index contributed by atoms with van der Waals surface area (Å²) in [6.45, 7) is 7.11. The van der Waals surface area contributed by atoms with Gasteiger partial charge in [-0.05, 0) is 0 Å². The fourth-order valence-corrected chi connectivity index (χ4v) is 23.8. The van der Waals surface area contributed by atoms with Gasteiger partial charge in [0, 0.05) is 0 Å². The molecule has 0 radical (unpaired) electrons. The Balaban J connectivity index is 0.00000338. The van der Waals surface area contributed by atoms with E-state index in [0.717, 1.165) is 19.3 Å². The van der Waals surface area contributed by atoms with Gasteiger partial charge >= 0.3 is 165 Å². The number of rotatable bonds is 4. The van der Waals surface area contributed by atoms with Crippen LogP contribution in [0.3, 0.4) is 0 Å². The van der Waals surface area contributed by atoms with Crippen molar-refractivity contribution in [2.45, 2.75) is 97.1 Å². The molecule has 1 saturated carbocycles. The number of amides is 1. The fraction of sp³-hybridized carbons (Fsp3) is 0.762. The van der Waals surface area contributed by atoms with Gasteiger partial charge in [0.05, 0.1) is 0 Å². The molecule has 0 heterocycles. The Hall–Kier alpha value is 0.617. The van der Waals surface area contributed by atoms with E-state index in [0.29, 0.717) is 11.8 Å². The van der Waals surface area contributed by atoms with Crippen molar-refractivity contribution < 1.29 is 50.5 Å². The van der Waals surface area contributed by atoms with Crippen molar-refractivity contribution in [1.29, 1.82) is 0 Å². The molecule has 6 heteroatoms. The van der Waals surface area contributed by atoms with Gasteiger partial charge in [0.15, 0.2) is 0 Å². The molecule has 0 unspecified atom stereocenters. The second-order valence-electron chi connectivity index (χ2n) is 8.34. The first-order valence-corrected chi connectivity index (χ1v) is 23.3. The molecule has 0 aromatic rings. The minimum absolute atomic E-state index is 0. The predicted molar refractivity (Wildman–Crippen MR) is 108 cm³/mol. The van der Waals surface area contributed by atoms with Crippen LogP contribution in [0.15, 0.2) is 21.1 Å². The third kappa shape index (κ3) is 10.3. The van der Waals surface area contributed by atoms with E-state index in [9.17, 15) is 4.79 Å². The smallest absolute Gasteiger partial charge is 1.00 e. The van der Waals surface area contributed by atoms with Crippen molar-refractivity contribution in [2.24, 2.45) is 5.92 Å². The number of nitrogens with one attached hydrogen (secondary N) is 1. The summed E-state index contributed by atoms with van der Waals surface area (Å²) in [7, 11) is 0. The maximum atomic E-state index is 13.1. The van der Waals surface area contributed by atoms with Crippen molar-refractivity contribution in [3.8, 4) is 0 Å². The summed E-state index contributed by atoms with van der Waals surface area (Å²) in [6.07, 6.45) is 20.2. The second-order valence-corrected chi connectivity index (χ2v) is 34.0. The average molecular weight is 598 g/mol. The van der Waals surface area contributed by atoms with Crippen LogP contribution in [-0.4, -0.2) is 11.9 Å². The van der Waals surface area contributed by atoms with Crippen LogP contribution >= 0.6 is 0 Å². The van der Waals surface area contributed by atoms with E-state index in [2.05, 4.69) is 35.5 Å². The Kier molecular flexibility index (Phi) is 15.8. The molecule has 0 aromatic heterocycles. The molecule has 0 atom stereocenters. The Labute approximate surface area is 188 Å². The Morgan fingerprint density at radius 3 is 1.85 bits per heavy atom. The van der Waals surface area contributed by atoms with Crippen molar-refractivity contribution in [3.05, 3.63) is 21.1 Å². The van der Waals surface area contributed by atoms with Gasteiger partial charge in [0.2, 0.25) is 0 Å². The number of carbonyl (C=O) groups excluding carboxylic acids is 1. The van der Waals surface area contributed by atoms with Crippen LogP contribution in [0.4, 0.5) is 0 Å². The first-order chi connectivity index (χ1) is 12.1. The standard InChI is InChI=1S/C13H25NO.C6H7.C2H7Si.2ClH.Hf/c14-13(15)12-10-8-6-4-2-1-3-5-7-9-11-12;1-6-4-2-3-5-6;1-3-2;;;/h12H,1-11H2,(H2,14,15);4-5H,2H2,1H3;3H,1-2H3;2*1H;/q;;;;;+3/p-3. The summed E-state index contributed by atoms with van der Waals surface area (Å²) in [5, 5.41) is 0. The van der Waals surface area contributed by atoms with Gasteiger partial charge in [0.25, 0.3) is 0 Å². The van der Waals surface area contributed by atoms with Gasteiger partial charge in [-0.2, -0.15) is 0 Å². The number of allylic oxidation sites excluding steroid dienone is 4. The van der Waals surface area contributed by atoms with E-state index in [1.165, 1.54) is 63.4 Å². The van der Waals surface area contributed by atoms with Gasteiger partial charge in [-0.15, -0.1) is 0 Å². The Bertz CT molecular complexity index is 485. The van der Waals surface area contributed by atoms with Gasteiger partial charge in [-0.3, -0.25) is 0 Å². The maximum Gasteiger partial charge on any atom is -1.00 e. The molecule has 0 aliphatic heterocycles. The molecular weight excluding hydrogens is 560 g/mol. The summed E-state index contributed by atoms with van der Waals surface area (Å²) in [5.41, 5.74) is 1.41. The third-order valence-electron chi connectivity index (χ3n) is 5.70. The largest absolute Gasteiger partial charge is 1.00 e. The van der Waals surface area contributed by atoms with Crippen molar-refractivity contribution in [1.82, 2.24) is 3.30 Å². The molecule has 2 rings (SSSR count). The molecule has 2 aliphatic rings. The molecule has 2 nitrogen and oxygen atoms in total. The van der Waals surface area contributed by atoms with Crippen LogP contribution in [0.1, 0.15) is 84.0 Å². The Morgan fingerprint density at radius 2 is 1.44 bits per heavy atom. The van der Waals surface area contributed by atoms with Gasteiger partial charge in [-0.1, -0.05) is 0 Å². The molecule has 1 fully saturated rings. The zero-order valence-electron chi connectivity index (χ0n) is 17.5. The van der Waals surface area contributed by atoms with E-state index in [1.807, 2.05) is 0 Å². The maximum absolute atomic E-state index is 13.1. The SMILES string of the molecule is CC1=CC[C]([Hf+2]([NH]C(=O)C2CCCCCCCCCCC2)[SiH](C)C)=C1.[Cl-].[Cl-]. The van der Waals surface area contributed by atoms with Crippen LogP contribution in [-0.2, 0) is 25.7 Å². The second kappa shape index (κ2) is 15.5. The molecular formula is C21H38Cl2HfNOSi.